The number of benzene rings is 2. The summed E-state index contributed by atoms with van der Waals surface area (Å²) in [6.07, 6.45) is 1.73. The summed E-state index contributed by atoms with van der Waals surface area (Å²) in [5.74, 6) is -0.794. The Hall–Kier alpha value is -1.63. The molecule has 0 atom stereocenters. The molecule has 2 aliphatic rings. The quantitative estimate of drug-likeness (QED) is 0.181. The SMILES string of the molecule is CN1C(=O)/C(=C/c2ccc(N3c4ccccc4[Te]c4ccccc43)[te]2)C(=O)N=C1[Se]. The first-order chi connectivity index (χ1) is 14.5. The van der Waals surface area contributed by atoms with E-state index in [1.807, 2.05) is 6.07 Å². The third kappa shape index (κ3) is 3.53. The number of likely N-dealkylation sites (N-methyl/N-ethyl adjacent to an activating group) is 1. The van der Waals surface area contributed by atoms with Crippen molar-refractivity contribution in [3.8, 4) is 0 Å². The summed E-state index contributed by atoms with van der Waals surface area (Å²) in [7, 11) is 1.62. The second-order valence-corrected chi connectivity index (χ2v) is 13.7. The van der Waals surface area contributed by atoms with Crippen LogP contribution in [0.1, 0.15) is 3.58 Å². The fraction of sp³-hybridized carbons (Fsp3) is 0.0455. The Balaban J connectivity index is 1.57. The number of anilines is 3. The van der Waals surface area contributed by atoms with Crippen molar-refractivity contribution in [2.45, 2.75) is 0 Å². The molecule has 0 saturated heterocycles. The van der Waals surface area contributed by atoms with Crippen molar-refractivity contribution >= 4 is 102 Å². The molecule has 3 aromatic rings. The Kier molecular flexibility index (Phi) is 5.50. The standard InChI is InChI=1S/C22H14N3O2SeTe2/c1-24-21(27)14(20(26)23-22(24)28)12-13-10-11-19(29-13)25-15-6-2-4-8-17(15)30-18-9-5-3-7-16(18)25/h2-12H,1H3/b14-12+. The monoisotopic (exact) mass is 692 g/mol. The number of nitrogens with zero attached hydrogens (tertiary/aromatic N) is 3. The average molecular weight is 687 g/mol. The second-order valence-electron chi connectivity index (χ2n) is 6.67. The third-order valence-electron chi connectivity index (χ3n) is 4.80. The molecular formula is C22H14N3O2SeTe2. The molecule has 5 rings (SSSR count). The number of amides is 2. The predicted molar refractivity (Wildman–Crippen MR) is 122 cm³/mol. The molecule has 0 unspecified atom stereocenters. The molecule has 2 aromatic carbocycles. The first kappa shape index (κ1) is 20.3. The van der Waals surface area contributed by atoms with Gasteiger partial charge < -0.3 is 0 Å². The van der Waals surface area contributed by atoms with Crippen molar-refractivity contribution in [1.29, 1.82) is 0 Å². The average Bonchev–Trinajstić information content (AvgIpc) is 3.21. The number of hydrogen-bond donors (Lipinski definition) is 0. The number of carbonyl (C=O) groups excluding carboxylic acids is 2. The zero-order chi connectivity index (χ0) is 20.8. The van der Waals surface area contributed by atoms with Gasteiger partial charge in [-0.2, -0.15) is 0 Å². The van der Waals surface area contributed by atoms with Crippen molar-refractivity contribution in [2.75, 3.05) is 11.9 Å². The minimum absolute atomic E-state index is 0.133. The normalized spacial score (nSPS) is 17.1. The first-order valence-electron chi connectivity index (χ1n) is 9.08. The van der Waals surface area contributed by atoms with E-state index in [2.05, 4.69) is 80.5 Å². The molecule has 1 aromatic heterocycles. The van der Waals surface area contributed by atoms with Crippen molar-refractivity contribution in [1.82, 2.24) is 4.90 Å². The van der Waals surface area contributed by atoms with Gasteiger partial charge >= 0.3 is 204 Å². The van der Waals surface area contributed by atoms with Gasteiger partial charge in [0.15, 0.2) is 0 Å². The first-order valence-corrected chi connectivity index (χ1v) is 14.6. The number of hydrogen-bond acceptors (Lipinski definition) is 3. The molecule has 0 saturated carbocycles. The van der Waals surface area contributed by atoms with Crippen molar-refractivity contribution in [3.05, 3.63) is 69.8 Å². The fourth-order valence-corrected chi connectivity index (χ4v) is 9.49. The Bertz CT molecular complexity index is 1220. The molecule has 0 fully saturated rings. The van der Waals surface area contributed by atoms with E-state index in [1.54, 1.807) is 13.1 Å². The summed E-state index contributed by atoms with van der Waals surface area (Å²) in [5, 5.41) is 0. The van der Waals surface area contributed by atoms with Gasteiger partial charge in [0.2, 0.25) is 0 Å². The van der Waals surface area contributed by atoms with Crippen LogP contribution in [0.15, 0.2) is 71.2 Å². The van der Waals surface area contributed by atoms with E-state index in [1.165, 1.54) is 27.2 Å². The van der Waals surface area contributed by atoms with Crippen LogP contribution in [0.5, 0.6) is 0 Å². The van der Waals surface area contributed by atoms with Crippen molar-refractivity contribution in [2.24, 2.45) is 4.99 Å². The predicted octanol–water partition coefficient (Wildman–Crippen LogP) is 1.09. The van der Waals surface area contributed by atoms with Gasteiger partial charge in [-0.05, 0) is 0 Å². The number of aliphatic imine (C=N–C) groups is 1. The molecule has 0 spiro atoms. The van der Waals surface area contributed by atoms with Crippen LogP contribution < -0.4 is 12.1 Å². The second kappa shape index (κ2) is 8.13. The topological polar surface area (TPSA) is 53.0 Å². The van der Waals surface area contributed by atoms with E-state index in [9.17, 15) is 9.59 Å². The van der Waals surface area contributed by atoms with Crippen LogP contribution in [0.25, 0.3) is 6.08 Å². The Morgan fingerprint density at radius 1 is 0.933 bits per heavy atom. The van der Waals surface area contributed by atoms with Gasteiger partial charge in [0.1, 0.15) is 0 Å². The van der Waals surface area contributed by atoms with E-state index in [0.29, 0.717) is 4.73 Å². The molecule has 0 bridgehead atoms. The van der Waals surface area contributed by atoms with Gasteiger partial charge in [-0.1, -0.05) is 0 Å². The van der Waals surface area contributed by atoms with Gasteiger partial charge in [0.05, 0.1) is 0 Å². The van der Waals surface area contributed by atoms with Gasteiger partial charge in [-0.15, -0.1) is 0 Å². The summed E-state index contributed by atoms with van der Waals surface area (Å²) < 4.78 is 5.49. The fourth-order valence-electron chi connectivity index (χ4n) is 3.33. The number of amidine groups is 1. The Morgan fingerprint density at radius 2 is 1.57 bits per heavy atom. The van der Waals surface area contributed by atoms with Crippen molar-refractivity contribution in [3.63, 3.8) is 0 Å². The van der Waals surface area contributed by atoms with Crippen LogP contribution in [-0.2, 0) is 9.59 Å². The van der Waals surface area contributed by atoms with Crippen molar-refractivity contribution < 1.29 is 9.59 Å². The van der Waals surface area contributed by atoms with Crippen LogP contribution in [0.4, 0.5) is 15.1 Å². The molecule has 8 heteroatoms. The van der Waals surface area contributed by atoms with Gasteiger partial charge in [-0.25, -0.2) is 0 Å². The maximum atomic E-state index is 12.5. The molecule has 2 aliphatic heterocycles. The van der Waals surface area contributed by atoms with E-state index >= 15 is 0 Å². The third-order valence-corrected chi connectivity index (χ3v) is 11.7. The van der Waals surface area contributed by atoms with E-state index in [-0.39, 0.29) is 11.5 Å². The summed E-state index contributed by atoms with van der Waals surface area (Å²) >= 11 is 1.47. The summed E-state index contributed by atoms with van der Waals surface area (Å²) in [6, 6.07) is 21.4. The summed E-state index contributed by atoms with van der Waals surface area (Å²) in [4.78, 5) is 32.5. The van der Waals surface area contributed by atoms with E-state index in [4.69, 9.17) is 0 Å². The van der Waals surface area contributed by atoms with Crippen LogP contribution in [0.2, 0.25) is 0 Å². The molecule has 5 nitrogen and oxygen atoms in total. The molecule has 2 amide bonds. The minimum atomic E-state index is -0.769. The molecule has 0 aliphatic carbocycles. The zero-order valence-corrected chi connectivity index (χ0v) is 22.1. The zero-order valence-electron chi connectivity index (χ0n) is 15.7. The maximum absolute atomic E-state index is 12.5. The molecule has 1 radical (unpaired) electrons. The van der Waals surface area contributed by atoms with Crippen LogP contribution in [0, 0.1) is 0 Å². The Morgan fingerprint density at radius 3 is 2.23 bits per heavy atom. The van der Waals surface area contributed by atoms with Crippen LogP contribution in [0.3, 0.4) is 0 Å². The van der Waals surface area contributed by atoms with E-state index in [0.717, 1.165) is 3.58 Å². The Labute approximate surface area is 202 Å². The molecule has 147 valence electrons. The van der Waals surface area contributed by atoms with E-state index < -0.39 is 47.3 Å². The molecular weight excluding hydrogens is 672 g/mol. The molecule has 0 N–H and O–H groups in total. The van der Waals surface area contributed by atoms with Gasteiger partial charge in [0.25, 0.3) is 0 Å². The number of fused-ring (bicyclic) bond motifs is 2. The van der Waals surface area contributed by atoms with Crippen LogP contribution in [-0.4, -0.2) is 85.9 Å². The van der Waals surface area contributed by atoms with Gasteiger partial charge in [-0.3, -0.25) is 0 Å². The number of carbonyl (C=O) groups is 2. The number of para-hydroxylation sites is 2. The summed E-state index contributed by atoms with van der Waals surface area (Å²) in [6.45, 7) is 0. The number of rotatable bonds is 2. The molecule has 30 heavy (non-hydrogen) atoms. The van der Waals surface area contributed by atoms with Crippen LogP contribution >= 0.6 is 0 Å². The summed E-state index contributed by atoms with van der Waals surface area (Å²) in [5.41, 5.74) is 2.66. The molecule has 3 heterocycles. The van der Waals surface area contributed by atoms with Gasteiger partial charge in [0, 0.05) is 0 Å².